The van der Waals surface area contributed by atoms with E-state index in [2.05, 4.69) is 26.9 Å². The molecule has 0 aliphatic carbocycles. The van der Waals surface area contributed by atoms with Gasteiger partial charge >= 0.3 is 0 Å². The number of rotatable bonds is 4. The van der Waals surface area contributed by atoms with Crippen LogP contribution in [0.1, 0.15) is 18.4 Å². The summed E-state index contributed by atoms with van der Waals surface area (Å²) >= 11 is 0. The second-order valence-electron chi connectivity index (χ2n) is 5.81. The van der Waals surface area contributed by atoms with Crippen molar-refractivity contribution in [1.82, 2.24) is 9.88 Å². The van der Waals surface area contributed by atoms with E-state index in [0.717, 1.165) is 45.6 Å². The molecule has 0 amide bonds. The number of nitrogens with zero attached hydrogens (tertiary/aromatic N) is 3. The molecule has 3 rings (SSSR count). The Bertz CT molecular complexity index is 509. The molecular weight excluding hydrogens is 264 g/mol. The summed E-state index contributed by atoms with van der Waals surface area (Å²) in [6.45, 7) is 5.32. The van der Waals surface area contributed by atoms with Gasteiger partial charge in [-0.1, -0.05) is 12.2 Å². The molecule has 0 aromatic carbocycles. The van der Waals surface area contributed by atoms with Crippen molar-refractivity contribution in [1.29, 1.82) is 0 Å². The Morgan fingerprint density at radius 1 is 1.33 bits per heavy atom. The van der Waals surface area contributed by atoms with Crippen LogP contribution in [0.15, 0.2) is 18.3 Å². The number of methoxy groups -OCH3 is 1. The fraction of sp³-hybridized carbons (Fsp3) is 0.562. The lowest BCUT2D eigenvalue weighted by atomic mass is 10.1. The predicted molar refractivity (Wildman–Crippen MR) is 85.7 cm³/mol. The van der Waals surface area contributed by atoms with Crippen molar-refractivity contribution in [3.05, 3.63) is 23.9 Å². The van der Waals surface area contributed by atoms with Gasteiger partial charge in [0, 0.05) is 37.3 Å². The van der Waals surface area contributed by atoms with Crippen molar-refractivity contribution < 1.29 is 4.74 Å². The van der Waals surface area contributed by atoms with Crippen molar-refractivity contribution in [3.63, 3.8) is 0 Å². The normalized spacial score (nSPS) is 19.6. The van der Waals surface area contributed by atoms with E-state index < -0.39 is 0 Å². The molecule has 1 fully saturated rings. The van der Waals surface area contributed by atoms with Crippen molar-refractivity contribution in [2.24, 2.45) is 5.73 Å². The molecule has 0 bridgehead atoms. The van der Waals surface area contributed by atoms with Gasteiger partial charge in [-0.3, -0.25) is 0 Å². The number of nitrogens with two attached hydrogens (primary N) is 1. The Labute approximate surface area is 126 Å². The van der Waals surface area contributed by atoms with Crippen LogP contribution in [0.3, 0.4) is 0 Å². The molecule has 0 unspecified atom stereocenters. The van der Waals surface area contributed by atoms with Gasteiger partial charge in [-0.05, 0) is 25.9 Å². The van der Waals surface area contributed by atoms with Crippen molar-refractivity contribution >= 4 is 11.8 Å². The third-order valence-electron chi connectivity index (χ3n) is 4.38. The van der Waals surface area contributed by atoms with Crippen LogP contribution in [0.25, 0.3) is 6.08 Å². The lowest BCUT2D eigenvalue weighted by Gasteiger charge is -2.34. The SMILES string of the molecule is COc1cc2c(cn1)N(CCN1CCC(N)CC1)CC=C2. The molecule has 0 atom stereocenters. The van der Waals surface area contributed by atoms with Gasteiger partial charge in [0.15, 0.2) is 0 Å². The minimum absolute atomic E-state index is 0.400. The second kappa shape index (κ2) is 6.45. The van der Waals surface area contributed by atoms with Crippen LogP contribution in [0.5, 0.6) is 5.88 Å². The van der Waals surface area contributed by atoms with Gasteiger partial charge in [0.1, 0.15) is 0 Å². The van der Waals surface area contributed by atoms with Crippen molar-refractivity contribution in [3.8, 4) is 5.88 Å². The molecule has 1 saturated heterocycles. The van der Waals surface area contributed by atoms with Crippen LogP contribution in [0, 0.1) is 0 Å². The zero-order valence-corrected chi connectivity index (χ0v) is 12.7. The van der Waals surface area contributed by atoms with Crippen molar-refractivity contribution in [2.75, 3.05) is 44.7 Å². The Morgan fingerprint density at radius 3 is 2.90 bits per heavy atom. The maximum Gasteiger partial charge on any atom is 0.213 e. The van der Waals surface area contributed by atoms with Crippen molar-refractivity contribution in [2.45, 2.75) is 18.9 Å². The third kappa shape index (κ3) is 3.36. The number of fused-ring (bicyclic) bond motifs is 1. The number of hydrogen-bond donors (Lipinski definition) is 1. The summed E-state index contributed by atoms with van der Waals surface area (Å²) in [5.74, 6) is 0.672. The van der Waals surface area contributed by atoms with E-state index >= 15 is 0 Å². The third-order valence-corrected chi connectivity index (χ3v) is 4.38. The largest absolute Gasteiger partial charge is 0.481 e. The van der Waals surface area contributed by atoms with Gasteiger partial charge in [-0.15, -0.1) is 0 Å². The fourth-order valence-electron chi connectivity index (χ4n) is 3.01. The minimum Gasteiger partial charge on any atom is -0.481 e. The highest BCUT2D eigenvalue weighted by Gasteiger charge is 2.18. The summed E-state index contributed by atoms with van der Waals surface area (Å²) in [6, 6.07) is 2.40. The quantitative estimate of drug-likeness (QED) is 0.906. The molecule has 0 saturated carbocycles. The summed E-state index contributed by atoms with van der Waals surface area (Å²) in [7, 11) is 1.65. The second-order valence-corrected chi connectivity index (χ2v) is 5.81. The maximum absolute atomic E-state index is 5.96. The molecule has 0 radical (unpaired) electrons. The first-order chi connectivity index (χ1) is 10.3. The van der Waals surface area contributed by atoms with Gasteiger partial charge in [0.25, 0.3) is 0 Å². The summed E-state index contributed by atoms with van der Waals surface area (Å²) in [4.78, 5) is 9.23. The van der Waals surface area contributed by atoms with Gasteiger partial charge in [0.2, 0.25) is 5.88 Å². The van der Waals surface area contributed by atoms with Crippen LogP contribution in [0.2, 0.25) is 0 Å². The summed E-state index contributed by atoms with van der Waals surface area (Å²) in [5, 5.41) is 0. The number of anilines is 1. The summed E-state index contributed by atoms with van der Waals surface area (Å²) < 4.78 is 5.20. The van der Waals surface area contributed by atoms with E-state index in [-0.39, 0.29) is 0 Å². The lowest BCUT2D eigenvalue weighted by Crippen LogP contribution is -2.43. The first-order valence-electron chi connectivity index (χ1n) is 7.70. The first kappa shape index (κ1) is 14.4. The van der Waals surface area contributed by atoms with E-state index in [1.807, 2.05) is 12.3 Å². The van der Waals surface area contributed by atoms with Crippen LogP contribution in [-0.4, -0.2) is 55.8 Å². The first-order valence-corrected chi connectivity index (χ1v) is 7.70. The topological polar surface area (TPSA) is 54.6 Å². The molecule has 2 aliphatic rings. The minimum atomic E-state index is 0.400. The Morgan fingerprint density at radius 2 is 2.14 bits per heavy atom. The summed E-state index contributed by atoms with van der Waals surface area (Å²) in [5.41, 5.74) is 8.35. The molecule has 3 heterocycles. The molecule has 1 aromatic heterocycles. The molecule has 1 aromatic rings. The van der Waals surface area contributed by atoms with Gasteiger partial charge < -0.3 is 20.3 Å². The molecular formula is C16H24N4O. The van der Waals surface area contributed by atoms with Gasteiger partial charge in [0.05, 0.1) is 19.0 Å². The number of likely N-dealkylation sites (tertiary alicyclic amines) is 1. The summed E-state index contributed by atoms with van der Waals surface area (Å²) in [6.07, 6.45) is 8.51. The zero-order chi connectivity index (χ0) is 14.7. The van der Waals surface area contributed by atoms with Crippen LogP contribution in [0.4, 0.5) is 5.69 Å². The number of ether oxygens (including phenoxy) is 1. The highest BCUT2D eigenvalue weighted by Crippen LogP contribution is 2.27. The Hall–Kier alpha value is -1.59. The van der Waals surface area contributed by atoms with Crippen LogP contribution < -0.4 is 15.4 Å². The average Bonchev–Trinajstić information content (AvgIpc) is 2.53. The van der Waals surface area contributed by atoms with E-state index in [1.54, 1.807) is 7.11 Å². The highest BCUT2D eigenvalue weighted by molar-refractivity contribution is 5.71. The lowest BCUT2D eigenvalue weighted by molar-refractivity contribution is 0.217. The highest BCUT2D eigenvalue weighted by atomic mass is 16.5. The van der Waals surface area contributed by atoms with Crippen LogP contribution >= 0.6 is 0 Å². The number of hydrogen-bond acceptors (Lipinski definition) is 5. The predicted octanol–water partition coefficient (Wildman–Crippen LogP) is 1.35. The number of piperidine rings is 1. The number of pyridine rings is 1. The monoisotopic (exact) mass is 288 g/mol. The van der Waals surface area contributed by atoms with Crippen LogP contribution in [-0.2, 0) is 0 Å². The maximum atomic E-state index is 5.96. The Kier molecular flexibility index (Phi) is 4.41. The Balaban J connectivity index is 1.61. The molecule has 5 nitrogen and oxygen atoms in total. The molecule has 21 heavy (non-hydrogen) atoms. The smallest absolute Gasteiger partial charge is 0.213 e. The fourth-order valence-corrected chi connectivity index (χ4v) is 3.01. The van der Waals surface area contributed by atoms with E-state index in [1.165, 1.54) is 11.3 Å². The zero-order valence-electron chi connectivity index (χ0n) is 12.7. The van der Waals surface area contributed by atoms with Gasteiger partial charge in [-0.2, -0.15) is 0 Å². The number of aromatic nitrogens is 1. The molecule has 2 aliphatic heterocycles. The molecule has 2 N–H and O–H groups in total. The molecule has 5 heteroatoms. The average molecular weight is 288 g/mol. The van der Waals surface area contributed by atoms with E-state index in [9.17, 15) is 0 Å². The van der Waals surface area contributed by atoms with E-state index in [0.29, 0.717) is 11.9 Å². The molecule has 114 valence electrons. The molecule has 0 spiro atoms. The van der Waals surface area contributed by atoms with E-state index in [4.69, 9.17) is 10.5 Å². The van der Waals surface area contributed by atoms with Gasteiger partial charge in [-0.25, -0.2) is 4.98 Å². The standard InChI is InChI=1S/C16H24N4O/c1-21-16-11-13-3-2-6-20(15(13)12-18-16)10-9-19-7-4-14(17)5-8-19/h2-3,11-12,14H,4-10,17H2,1H3.